The highest BCUT2D eigenvalue weighted by atomic mass is 16.6. The van der Waals surface area contributed by atoms with Crippen LogP contribution in [0.15, 0.2) is 60.8 Å². The summed E-state index contributed by atoms with van der Waals surface area (Å²) >= 11 is 0. The Morgan fingerprint density at radius 3 is 0.773 bits per heavy atom. The highest BCUT2D eigenvalue weighted by Crippen LogP contribution is 2.16. The molecule has 0 rings (SSSR count). The van der Waals surface area contributed by atoms with Crippen LogP contribution in [0.1, 0.15) is 342 Å². The average Bonchev–Trinajstić information content (AvgIpc) is 3.41. The number of unbranched alkanes of at least 4 members (excludes halogenated alkanes) is 39. The van der Waals surface area contributed by atoms with Crippen LogP contribution in [0.3, 0.4) is 0 Å². The fourth-order valence-corrected chi connectivity index (χ4v) is 9.50. The number of carbonyl (C=O) groups is 3. The lowest BCUT2D eigenvalue weighted by molar-refractivity contribution is -0.167. The Morgan fingerprint density at radius 2 is 0.480 bits per heavy atom. The number of ether oxygens (including phenoxy) is 3. The van der Waals surface area contributed by atoms with E-state index in [2.05, 4.69) is 81.5 Å². The minimum Gasteiger partial charge on any atom is -0.462 e. The first-order chi connectivity index (χ1) is 37.0. The number of allylic oxidation sites excluding steroid dienone is 10. The molecule has 1 unspecified atom stereocenters. The fourth-order valence-electron chi connectivity index (χ4n) is 9.50. The lowest BCUT2D eigenvalue weighted by Gasteiger charge is -2.18. The Balaban J connectivity index is 4.37. The van der Waals surface area contributed by atoms with Crippen molar-refractivity contribution in [3.05, 3.63) is 60.8 Å². The van der Waals surface area contributed by atoms with Crippen LogP contribution in [0.25, 0.3) is 0 Å². The van der Waals surface area contributed by atoms with Crippen LogP contribution in [0, 0.1) is 0 Å². The second-order valence-corrected chi connectivity index (χ2v) is 22.0. The molecule has 0 aromatic heterocycles. The number of esters is 3. The van der Waals surface area contributed by atoms with Gasteiger partial charge in [-0.1, -0.05) is 274 Å². The Hall–Kier alpha value is -2.89. The van der Waals surface area contributed by atoms with Gasteiger partial charge in [-0.15, -0.1) is 0 Å². The molecule has 436 valence electrons. The Labute approximate surface area is 466 Å². The van der Waals surface area contributed by atoms with Gasteiger partial charge in [0, 0.05) is 19.3 Å². The van der Waals surface area contributed by atoms with E-state index in [9.17, 15) is 14.4 Å². The predicted octanol–water partition coefficient (Wildman–Crippen LogP) is 22.3. The maximum absolute atomic E-state index is 12.9. The maximum Gasteiger partial charge on any atom is 0.306 e. The van der Waals surface area contributed by atoms with Crippen LogP contribution < -0.4 is 0 Å². The second kappa shape index (κ2) is 63.6. The van der Waals surface area contributed by atoms with E-state index < -0.39 is 6.10 Å². The molecule has 0 aromatic rings. The van der Waals surface area contributed by atoms with Crippen LogP contribution in [0.5, 0.6) is 0 Å². The monoisotopic (exact) mass is 1050 g/mol. The van der Waals surface area contributed by atoms with Crippen LogP contribution >= 0.6 is 0 Å². The van der Waals surface area contributed by atoms with Gasteiger partial charge in [-0.25, -0.2) is 0 Å². The topological polar surface area (TPSA) is 78.9 Å². The predicted molar refractivity (Wildman–Crippen MR) is 325 cm³/mol. The summed E-state index contributed by atoms with van der Waals surface area (Å²) in [7, 11) is 0. The molecule has 75 heavy (non-hydrogen) atoms. The van der Waals surface area contributed by atoms with Crippen molar-refractivity contribution < 1.29 is 28.6 Å². The van der Waals surface area contributed by atoms with E-state index in [-0.39, 0.29) is 31.1 Å². The van der Waals surface area contributed by atoms with Crippen molar-refractivity contribution in [3.8, 4) is 0 Å². The zero-order valence-corrected chi connectivity index (χ0v) is 50.1. The van der Waals surface area contributed by atoms with E-state index in [1.54, 1.807) is 0 Å². The molecule has 0 aliphatic heterocycles. The summed E-state index contributed by atoms with van der Waals surface area (Å²) in [6.07, 6.45) is 80.7. The van der Waals surface area contributed by atoms with E-state index in [1.165, 1.54) is 225 Å². The van der Waals surface area contributed by atoms with Crippen molar-refractivity contribution in [2.24, 2.45) is 0 Å². The van der Waals surface area contributed by atoms with E-state index in [0.29, 0.717) is 19.3 Å². The normalized spacial score (nSPS) is 12.4. The molecule has 0 spiro atoms. The summed E-state index contributed by atoms with van der Waals surface area (Å²) in [5.74, 6) is -0.873. The summed E-state index contributed by atoms with van der Waals surface area (Å²) in [5.41, 5.74) is 0. The molecule has 0 fully saturated rings. The van der Waals surface area contributed by atoms with Crippen molar-refractivity contribution in [1.29, 1.82) is 0 Å². The van der Waals surface area contributed by atoms with Crippen LogP contribution in [-0.2, 0) is 28.6 Å². The molecule has 0 heterocycles. The van der Waals surface area contributed by atoms with E-state index in [4.69, 9.17) is 14.2 Å². The first-order valence-electron chi connectivity index (χ1n) is 32.8. The zero-order valence-electron chi connectivity index (χ0n) is 50.1. The van der Waals surface area contributed by atoms with E-state index in [0.717, 1.165) is 77.0 Å². The van der Waals surface area contributed by atoms with Gasteiger partial charge in [0.15, 0.2) is 6.10 Å². The van der Waals surface area contributed by atoms with Gasteiger partial charge in [0.2, 0.25) is 0 Å². The summed E-state index contributed by atoms with van der Waals surface area (Å²) in [4.78, 5) is 38.4. The van der Waals surface area contributed by atoms with Crippen molar-refractivity contribution >= 4 is 17.9 Å². The van der Waals surface area contributed by atoms with Gasteiger partial charge in [-0.05, 0) is 109 Å². The number of carbonyl (C=O) groups excluding carboxylic acids is 3. The number of hydrogen-bond donors (Lipinski definition) is 0. The largest absolute Gasteiger partial charge is 0.462 e. The van der Waals surface area contributed by atoms with Gasteiger partial charge >= 0.3 is 17.9 Å². The third-order valence-electron chi connectivity index (χ3n) is 14.5. The molecule has 1 atom stereocenters. The first kappa shape index (κ1) is 72.1. The van der Waals surface area contributed by atoms with Gasteiger partial charge < -0.3 is 14.2 Å². The molecule has 0 radical (unpaired) electrons. The summed E-state index contributed by atoms with van der Waals surface area (Å²) < 4.78 is 17.0. The molecular weight excluding hydrogens is 925 g/mol. The first-order valence-corrected chi connectivity index (χ1v) is 32.8. The smallest absolute Gasteiger partial charge is 0.306 e. The molecule has 0 amide bonds. The molecule has 0 aromatic carbocycles. The minimum atomic E-state index is -0.782. The average molecular weight is 1050 g/mol. The van der Waals surface area contributed by atoms with Gasteiger partial charge in [-0.3, -0.25) is 14.4 Å². The summed E-state index contributed by atoms with van der Waals surface area (Å²) in [6, 6.07) is 0. The van der Waals surface area contributed by atoms with Gasteiger partial charge in [0.1, 0.15) is 13.2 Å². The van der Waals surface area contributed by atoms with Gasteiger partial charge in [0.05, 0.1) is 0 Å². The highest BCUT2D eigenvalue weighted by molar-refractivity contribution is 5.71. The molecule has 0 aliphatic rings. The molecule has 6 nitrogen and oxygen atoms in total. The number of rotatable bonds is 60. The Morgan fingerprint density at radius 1 is 0.267 bits per heavy atom. The minimum absolute atomic E-state index is 0.0780. The molecule has 0 N–H and O–H groups in total. The maximum atomic E-state index is 12.9. The van der Waals surface area contributed by atoms with Crippen molar-refractivity contribution in [1.82, 2.24) is 0 Å². The van der Waals surface area contributed by atoms with Crippen molar-refractivity contribution in [3.63, 3.8) is 0 Å². The number of hydrogen-bond acceptors (Lipinski definition) is 6. The SMILES string of the molecule is CCCCC/C=C\C/C=C\CCCCCCCCCC(=O)OCC(COC(=O)CCCCCCCCCCC/C=C\C/C=C\CCCCCCC)OC(=O)CCCCCCCCCCC/C=C\CCCCCCCC. The second-order valence-electron chi connectivity index (χ2n) is 22.0. The quantitative estimate of drug-likeness (QED) is 0.0261. The summed E-state index contributed by atoms with van der Waals surface area (Å²) in [5, 5.41) is 0. The van der Waals surface area contributed by atoms with Crippen LogP contribution in [0.4, 0.5) is 0 Å². The zero-order chi connectivity index (χ0) is 54.3. The Kier molecular flexibility index (Phi) is 61.2. The van der Waals surface area contributed by atoms with E-state index in [1.807, 2.05) is 0 Å². The van der Waals surface area contributed by atoms with Crippen LogP contribution in [-0.4, -0.2) is 37.2 Å². The van der Waals surface area contributed by atoms with Gasteiger partial charge in [-0.2, -0.15) is 0 Å². The fraction of sp³-hybridized carbons (Fsp3) is 0.812. The standard InChI is InChI=1S/C69H124O6/c1-4-7-10-13-16-19-22-25-28-31-33-34-36-38-41-44-47-50-53-56-59-62-68(71)74-65-66(64-73-67(70)61-58-55-52-49-46-43-40-37-30-27-24-21-18-15-12-9-6-3)75-69(72)63-60-57-54-51-48-45-42-39-35-32-29-26-23-20-17-14-11-8-5-2/h18,21-22,25-27,29-31,33,66H,4-17,19-20,23-24,28,32,34-65H2,1-3H3/b21-18-,25-22-,29-26-,30-27-,33-31-. The highest BCUT2D eigenvalue weighted by Gasteiger charge is 2.19. The molecule has 0 bridgehead atoms. The molecule has 6 heteroatoms. The third-order valence-corrected chi connectivity index (χ3v) is 14.5. The molecule has 0 saturated heterocycles. The summed E-state index contributed by atoms with van der Waals surface area (Å²) in [6.45, 7) is 6.64. The lowest BCUT2D eigenvalue weighted by atomic mass is 10.1. The van der Waals surface area contributed by atoms with E-state index >= 15 is 0 Å². The van der Waals surface area contributed by atoms with Crippen molar-refractivity contribution in [2.45, 2.75) is 348 Å². The lowest BCUT2D eigenvalue weighted by Crippen LogP contribution is -2.30. The molecular formula is C69H124O6. The Bertz CT molecular complexity index is 1340. The van der Waals surface area contributed by atoms with Gasteiger partial charge in [0.25, 0.3) is 0 Å². The third kappa shape index (κ3) is 61.8. The molecule has 0 saturated carbocycles. The van der Waals surface area contributed by atoms with Crippen LogP contribution in [0.2, 0.25) is 0 Å². The molecule has 0 aliphatic carbocycles. The van der Waals surface area contributed by atoms with Crippen molar-refractivity contribution in [2.75, 3.05) is 13.2 Å².